The van der Waals surface area contributed by atoms with Gasteiger partial charge in [0.05, 0.1) is 45.2 Å². The number of hydrogen-bond acceptors (Lipinski definition) is 7. The van der Waals surface area contributed by atoms with Crippen molar-refractivity contribution in [3.05, 3.63) is 78.4 Å². The molecule has 0 spiro atoms. The second-order valence-corrected chi connectivity index (χ2v) is 9.75. The first kappa shape index (κ1) is 26.8. The second kappa shape index (κ2) is 12.3. The summed E-state index contributed by atoms with van der Waals surface area (Å²) in [4.78, 5) is 0. The molecule has 2 aromatic carbocycles. The zero-order valence-electron chi connectivity index (χ0n) is 21.4. The van der Waals surface area contributed by atoms with Crippen molar-refractivity contribution in [2.45, 2.75) is 82.3 Å². The van der Waals surface area contributed by atoms with Gasteiger partial charge < -0.3 is 33.5 Å². The number of epoxide rings is 1. The molecule has 6 atom stereocenters. The van der Waals surface area contributed by atoms with Crippen molar-refractivity contribution in [3.8, 4) is 5.75 Å². The van der Waals surface area contributed by atoms with Crippen LogP contribution in [0.25, 0.3) is 0 Å². The largest absolute Gasteiger partial charge is 0.497 e. The average molecular weight is 499 g/mol. The van der Waals surface area contributed by atoms with E-state index in [1.165, 1.54) is 0 Å². The number of hydrogen-bond donors (Lipinski definition) is 1. The summed E-state index contributed by atoms with van der Waals surface area (Å²) in [5.74, 6) is 0.00511. The summed E-state index contributed by atoms with van der Waals surface area (Å²) in [6.07, 6.45) is 1.47. The van der Waals surface area contributed by atoms with Crippen LogP contribution in [0.5, 0.6) is 5.75 Å². The van der Waals surface area contributed by atoms with E-state index in [-0.39, 0.29) is 43.2 Å². The van der Waals surface area contributed by atoms with Gasteiger partial charge in [0, 0.05) is 6.42 Å². The average Bonchev–Trinajstić information content (AvgIpc) is 3.57. The van der Waals surface area contributed by atoms with Crippen LogP contribution in [0, 0.1) is 0 Å². The molecule has 2 heterocycles. The number of aliphatic hydroxyl groups is 1. The highest BCUT2D eigenvalue weighted by Crippen LogP contribution is 2.38. The van der Waals surface area contributed by atoms with Crippen molar-refractivity contribution in [2.24, 2.45) is 0 Å². The van der Waals surface area contributed by atoms with Gasteiger partial charge >= 0.3 is 0 Å². The van der Waals surface area contributed by atoms with E-state index in [4.69, 9.17) is 28.4 Å². The highest BCUT2D eigenvalue weighted by atomic mass is 16.8. The number of rotatable bonds is 14. The van der Waals surface area contributed by atoms with E-state index in [0.717, 1.165) is 16.9 Å². The molecule has 36 heavy (non-hydrogen) atoms. The predicted octanol–water partition coefficient (Wildman–Crippen LogP) is 4.41. The van der Waals surface area contributed by atoms with Crippen LogP contribution in [0.15, 0.2) is 67.3 Å². The lowest BCUT2D eigenvalue weighted by atomic mass is 9.97. The van der Waals surface area contributed by atoms with Gasteiger partial charge in [0.2, 0.25) is 0 Å². The minimum Gasteiger partial charge on any atom is -0.497 e. The monoisotopic (exact) mass is 498 g/mol. The normalized spacial score (nSPS) is 26.3. The topological polar surface area (TPSA) is 78.9 Å². The highest BCUT2D eigenvalue weighted by Gasteiger charge is 2.51. The molecule has 2 aromatic rings. The van der Waals surface area contributed by atoms with Crippen molar-refractivity contribution < 1.29 is 33.5 Å². The minimum absolute atomic E-state index is 0.00290. The first-order chi connectivity index (χ1) is 17.4. The zero-order valence-corrected chi connectivity index (χ0v) is 21.4. The number of ether oxygens (including phenoxy) is 6. The van der Waals surface area contributed by atoms with Gasteiger partial charge in [-0.3, -0.25) is 0 Å². The molecular formula is C29H38O7. The van der Waals surface area contributed by atoms with Crippen LogP contribution in [0.1, 0.15) is 37.8 Å². The minimum atomic E-state index is -0.798. The van der Waals surface area contributed by atoms with Crippen molar-refractivity contribution in [3.63, 3.8) is 0 Å². The third-order valence-electron chi connectivity index (χ3n) is 6.56. The third-order valence-corrected chi connectivity index (χ3v) is 6.56. The summed E-state index contributed by atoms with van der Waals surface area (Å²) >= 11 is 0. The molecule has 0 bridgehead atoms. The van der Waals surface area contributed by atoms with Crippen LogP contribution in [-0.2, 0) is 36.9 Å². The van der Waals surface area contributed by atoms with Crippen molar-refractivity contribution in [2.75, 3.05) is 13.7 Å². The Morgan fingerprint density at radius 2 is 1.53 bits per heavy atom. The molecule has 0 aliphatic carbocycles. The van der Waals surface area contributed by atoms with Crippen LogP contribution in [0.2, 0.25) is 0 Å². The zero-order chi connectivity index (χ0) is 25.5. The predicted molar refractivity (Wildman–Crippen MR) is 136 cm³/mol. The lowest BCUT2D eigenvalue weighted by Crippen LogP contribution is -2.45. The molecule has 2 saturated heterocycles. The lowest BCUT2D eigenvalue weighted by molar-refractivity contribution is -0.167. The molecule has 0 saturated carbocycles. The van der Waals surface area contributed by atoms with Crippen molar-refractivity contribution >= 4 is 0 Å². The van der Waals surface area contributed by atoms with Crippen LogP contribution < -0.4 is 4.74 Å². The Balaban J connectivity index is 1.50. The molecule has 196 valence electrons. The smallest absolute Gasteiger partial charge is 0.164 e. The Labute approximate surface area is 213 Å². The Morgan fingerprint density at radius 3 is 2.11 bits per heavy atom. The van der Waals surface area contributed by atoms with E-state index in [1.54, 1.807) is 7.11 Å². The fourth-order valence-electron chi connectivity index (χ4n) is 4.63. The molecular weight excluding hydrogens is 460 g/mol. The van der Waals surface area contributed by atoms with E-state index in [1.807, 2.05) is 74.5 Å². The van der Waals surface area contributed by atoms with Gasteiger partial charge in [0.1, 0.15) is 24.1 Å². The Kier molecular flexibility index (Phi) is 9.17. The first-order valence-electron chi connectivity index (χ1n) is 12.6. The summed E-state index contributed by atoms with van der Waals surface area (Å²) in [7, 11) is 1.65. The summed E-state index contributed by atoms with van der Waals surface area (Å²) in [5, 5.41) is 9.51. The Bertz CT molecular complexity index is 946. The number of aliphatic hydroxyl groups excluding tert-OH is 1. The van der Waals surface area contributed by atoms with Crippen LogP contribution >= 0.6 is 0 Å². The van der Waals surface area contributed by atoms with Crippen molar-refractivity contribution in [1.82, 2.24) is 0 Å². The summed E-state index contributed by atoms with van der Waals surface area (Å²) < 4.78 is 36.5. The maximum absolute atomic E-state index is 9.51. The summed E-state index contributed by atoms with van der Waals surface area (Å²) in [6.45, 7) is 8.61. The number of benzene rings is 2. The SMILES string of the molecule is C=CC[C@@H](OCc1ccc(OC)cc1)[C@H]1OC(C)(C)O[C@@H]1[C@H](C[C@@H]1O[C@H]1CO)OCc1ccccc1. The van der Waals surface area contributed by atoms with Gasteiger partial charge in [0.25, 0.3) is 0 Å². The lowest BCUT2D eigenvalue weighted by Gasteiger charge is -2.31. The van der Waals surface area contributed by atoms with Crippen LogP contribution in [0.3, 0.4) is 0 Å². The molecule has 2 aliphatic rings. The molecule has 0 radical (unpaired) electrons. The van der Waals surface area contributed by atoms with E-state index >= 15 is 0 Å². The van der Waals surface area contributed by atoms with Gasteiger partial charge in [-0.25, -0.2) is 0 Å². The molecule has 0 amide bonds. The maximum atomic E-state index is 9.51. The van der Waals surface area contributed by atoms with Gasteiger partial charge in [-0.15, -0.1) is 6.58 Å². The quantitative estimate of drug-likeness (QED) is 0.305. The Morgan fingerprint density at radius 1 is 0.917 bits per heavy atom. The molecule has 2 aliphatic heterocycles. The van der Waals surface area contributed by atoms with Gasteiger partial charge in [-0.2, -0.15) is 0 Å². The molecule has 4 rings (SSSR count). The van der Waals surface area contributed by atoms with E-state index in [9.17, 15) is 5.11 Å². The molecule has 7 nitrogen and oxygen atoms in total. The maximum Gasteiger partial charge on any atom is 0.164 e. The Hall–Kier alpha value is -2.26. The van der Waals surface area contributed by atoms with Gasteiger partial charge in [0.15, 0.2) is 5.79 Å². The highest BCUT2D eigenvalue weighted by molar-refractivity contribution is 5.26. The van der Waals surface area contributed by atoms with Crippen LogP contribution in [-0.4, -0.2) is 61.2 Å². The van der Waals surface area contributed by atoms with Crippen molar-refractivity contribution in [1.29, 1.82) is 0 Å². The van der Waals surface area contributed by atoms with Crippen LogP contribution in [0.4, 0.5) is 0 Å². The molecule has 0 aromatic heterocycles. The van der Waals surface area contributed by atoms with E-state index < -0.39 is 5.79 Å². The molecule has 0 unspecified atom stereocenters. The number of methoxy groups -OCH3 is 1. The summed E-state index contributed by atoms with van der Waals surface area (Å²) in [5.41, 5.74) is 2.11. The van der Waals surface area contributed by atoms with E-state index in [2.05, 4.69) is 6.58 Å². The fraction of sp³-hybridized carbons (Fsp3) is 0.517. The first-order valence-corrected chi connectivity index (χ1v) is 12.6. The van der Waals surface area contributed by atoms with E-state index in [0.29, 0.717) is 26.1 Å². The third kappa shape index (κ3) is 7.16. The van der Waals surface area contributed by atoms with Gasteiger partial charge in [-0.1, -0.05) is 48.5 Å². The standard InChI is InChI=1S/C29H38O7/c1-5-9-23(32-19-21-12-14-22(31-4)15-13-21)27-28(36-29(2,3)35-27)25(16-24-26(17-30)34-24)33-18-20-10-7-6-8-11-20/h5-8,10-15,23-28,30H,1,9,16-19H2,2-4H3/t23-,24+,25+,26+,27-,28-/m1/s1. The molecule has 1 N–H and O–H groups in total. The molecule has 7 heteroatoms. The second-order valence-electron chi connectivity index (χ2n) is 9.75. The van der Waals surface area contributed by atoms with Gasteiger partial charge in [-0.05, 0) is 43.5 Å². The summed E-state index contributed by atoms with van der Waals surface area (Å²) in [6, 6.07) is 17.9. The fourth-order valence-corrected chi connectivity index (χ4v) is 4.63. The molecule has 2 fully saturated rings.